The Bertz CT molecular complexity index is 715. The molecule has 0 saturated heterocycles. The summed E-state index contributed by atoms with van der Waals surface area (Å²) in [5.41, 5.74) is 4.04. The summed E-state index contributed by atoms with van der Waals surface area (Å²) in [7, 11) is 0. The van der Waals surface area contributed by atoms with Crippen LogP contribution in [-0.4, -0.2) is 22.0 Å². The predicted molar refractivity (Wildman–Crippen MR) is 112 cm³/mol. The molecule has 1 amide bonds. The lowest BCUT2D eigenvalue weighted by molar-refractivity contribution is -0.116. The van der Waals surface area contributed by atoms with E-state index in [2.05, 4.69) is 18.3 Å². The van der Waals surface area contributed by atoms with Crippen molar-refractivity contribution in [3.63, 3.8) is 0 Å². The molecule has 140 valence electrons. The number of nitrogens with one attached hydrogen (secondary N) is 1. The molecule has 2 aromatic rings. The molecule has 0 aliphatic carbocycles. The molecular weight excluding hydrogens is 342 g/mol. The van der Waals surface area contributed by atoms with Crippen LogP contribution in [0.5, 0.6) is 0 Å². The Kier molecular flexibility index (Phi) is 7.73. The van der Waals surface area contributed by atoms with E-state index in [1.165, 1.54) is 11.8 Å². The quantitative estimate of drug-likeness (QED) is 0.687. The molecule has 2 aromatic carbocycles. The second kappa shape index (κ2) is 9.79. The number of aryl methyl sites for hydroxylation is 2. The summed E-state index contributed by atoms with van der Waals surface area (Å²) >= 11 is 1.52. The number of aliphatic hydroxyl groups is 1. The van der Waals surface area contributed by atoms with E-state index in [4.69, 9.17) is 0 Å². The second-order valence-corrected chi connectivity index (χ2v) is 8.05. The summed E-state index contributed by atoms with van der Waals surface area (Å²) in [6.07, 6.45) is 0.309. The molecular formula is C22H29NO2S. The Morgan fingerprint density at radius 2 is 1.81 bits per heavy atom. The number of anilines is 1. The molecule has 0 aliphatic rings. The van der Waals surface area contributed by atoms with Crippen molar-refractivity contribution in [1.29, 1.82) is 0 Å². The first-order chi connectivity index (χ1) is 12.4. The third kappa shape index (κ3) is 5.36. The minimum Gasteiger partial charge on any atom is -0.388 e. The summed E-state index contributed by atoms with van der Waals surface area (Å²) < 4.78 is 0. The van der Waals surface area contributed by atoms with Gasteiger partial charge in [0.25, 0.3) is 0 Å². The number of carbonyl (C=O) groups is 1. The summed E-state index contributed by atoms with van der Waals surface area (Å²) in [5.74, 6) is 0.681. The zero-order valence-electron chi connectivity index (χ0n) is 16.0. The third-order valence-electron chi connectivity index (χ3n) is 4.47. The standard InChI is InChI=1S/C22H29NO2S/c1-5-17-13-9-10-16(4)20(17)23-22(25)21(15(2)3)26-14-19(24)18-11-7-6-8-12-18/h6-13,15,19,21,24H,5,14H2,1-4H3,(H,23,25). The van der Waals surface area contributed by atoms with Crippen LogP contribution in [-0.2, 0) is 11.2 Å². The van der Waals surface area contributed by atoms with Crippen LogP contribution < -0.4 is 5.32 Å². The topological polar surface area (TPSA) is 49.3 Å². The van der Waals surface area contributed by atoms with E-state index in [-0.39, 0.29) is 17.1 Å². The summed E-state index contributed by atoms with van der Waals surface area (Å²) in [6.45, 7) is 8.20. The molecule has 2 unspecified atom stereocenters. The Morgan fingerprint density at radius 3 is 2.42 bits per heavy atom. The number of carbonyl (C=O) groups excluding carboxylic acids is 1. The minimum absolute atomic E-state index is 0.00858. The first-order valence-corrected chi connectivity index (χ1v) is 10.2. The Labute approximate surface area is 161 Å². The Balaban J connectivity index is 2.06. The molecule has 4 heteroatoms. The van der Waals surface area contributed by atoms with E-state index >= 15 is 0 Å². The average Bonchev–Trinajstić information content (AvgIpc) is 2.63. The van der Waals surface area contributed by atoms with Gasteiger partial charge in [-0.05, 0) is 36.0 Å². The lowest BCUT2D eigenvalue weighted by Gasteiger charge is -2.23. The zero-order valence-corrected chi connectivity index (χ0v) is 16.8. The molecule has 0 heterocycles. The highest BCUT2D eigenvalue weighted by molar-refractivity contribution is 8.00. The van der Waals surface area contributed by atoms with Crippen molar-refractivity contribution in [1.82, 2.24) is 0 Å². The molecule has 0 fully saturated rings. The fraction of sp³-hybridized carbons (Fsp3) is 0.409. The molecule has 0 saturated carbocycles. The SMILES string of the molecule is CCc1cccc(C)c1NC(=O)C(SCC(O)c1ccccc1)C(C)C. The number of aliphatic hydroxyl groups excluding tert-OH is 1. The third-order valence-corrected chi connectivity index (χ3v) is 6.10. The highest BCUT2D eigenvalue weighted by Crippen LogP contribution is 2.28. The molecule has 0 radical (unpaired) electrons. The number of amides is 1. The summed E-state index contributed by atoms with van der Waals surface area (Å²) in [5, 5.41) is 13.3. The van der Waals surface area contributed by atoms with E-state index in [0.29, 0.717) is 5.75 Å². The molecule has 2 rings (SSSR count). The Hall–Kier alpha value is -1.78. The summed E-state index contributed by atoms with van der Waals surface area (Å²) in [4.78, 5) is 12.9. The normalized spacial score (nSPS) is 13.5. The molecule has 0 bridgehead atoms. The maximum atomic E-state index is 12.9. The highest BCUT2D eigenvalue weighted by Gasteiger charge is 2.25. The van der Waals surface area contributed by atoms with Crippen molar-refractivity contribution >= 4 is 23.4 Å². The van der Waals surface area contributed by atoms with Crippen molar-refractivity contribution in [3.05, 3.63) is 65.2 Å². The van der Waals surface area contributed by atoms with Crippen molar-refractivity contribution in [3.8, 4) is 0 Å². The van der Waals surface area contributed by atoms with Crippen LogP contribution in [0.25, 0.3) is 0 Å². The smallest absolute Gasteiger partial charge is 0.237 e. The zero-order chi connectivity index (χ0) is 19.1. The van der Waals surface area contributed by atoms with Crippen LogP contribution in [0.4, 0.5) is 5.69 Å². The van der Waals surface area contributed by atoms with E-state index in [1.807, 2.05) is 63.2 Å². The van der Waals surface area contributed by atoms with Gasteiger partial charge in [-0.15, -0.1) is 11.8 Å². The number of benzene rings is 2. The number of para-hydroxylation sites is 1. The number of hydrogen-bond acceptors (Lipinski definition) is 3. The average molecular weight is 372 g/mol. The molecule has 0 spiro atoms. The molecule has 3 nitrogen and oxygen atoms in total. The van der Waals surface area contributed by atoms with Crippen molar-refractivity contribution in [2.45, 2.75) is 45.5 Å². The maximum Gasteiger partial charge on any atom is 0.237 e. The molecule has 2 atom stereocenters. The van der Waals surface area contributed by atoms with Gasteiger partial charge in [0.1, 0.15) is 0 Å². The van der Waals surface area contributed by atoms with Crippen molar-refractivity contribution in [2.75, 3.05) is 11.1 Å². The fourth-order valence-electron chi connectivity index (χ4n) is 2.93. The Morgan fingerprint density at radius 1 is 1.12 bits per heavy atom. The largest absolute Gasteiger partial charge is 0.388 e. The summed E-state index contributed by atoms with van der Waals surface area (Å²) in [6, 6.07) is 15.7. The van der Waals surface area contributed by atoms with E-state index in [9.17, 15) is 9.90 Å². The van der Waals surface area contributed by atoms with Gasteiger partial charge in [-0.25, -0.2) is 0 Å². The van der Waals surface area contributed by atoms with Crippen LogP contribution in [0.1, 0.15) is 43.6 Å². The van der Waals surface area contributed by atoms with Gasteiger partial charge < -0.3 is 10.4 Å². The van der Waals surface area contributed by atoms with Crippen LogP contribution in [0.2, 0.25) is 0 Å². The van der Waals surface area contributed by atoms with Crippen LogP contribution >= 0.6 is 11.8 Å². The van der Waals surface area contributed by atoms with Gasteiger partial charge in [-0.3, -0.25) is 4.79 Å². The van der Waals surface area contributed by atoms with Gasteiger partial charge in [0, 0.05) is 11.4 Å². The first kappa shape index (κ1) is 20.5. The monoisotopic (exact) mass is 371 g/mol. The lowest BCUT2D eigenvalue weighted by Crippen LogP contribution is -2.31. The van der Waals surface area contributed by atoms with Crippen LogP contribution in [0.3, 0.4) is 0 Å². The van der Waals surface area contributed by atoms with E-state index in [0.717, 1.165) is 28.8 Å². The molecule has 0 aromatic heterocycles. The first-order valence-electron chi connectivity index (χ1n) is 9.18. The van der Waals surface area contributed by atoms with Gasteiger partial charge in [0.05, 0.1) is 11.4 Å². The lowest BCUT2D eigenvalue weighted by atomic mass is 10.0. The van der Waals surface area contributed by atoms with Gasteiger partial charge in [0.2, 0.25) is 5.91 Å². The molecule has 0 aliphatic heterocycles. The van der Waals surface area contributed by atoms with E-state index in [1.54, 1.807) is 0 Å². The van der Waals surface area contributed by atoms with Crippen molar-refractivity contribution < 1.29 is 9.90 Å². The van der Waals surface area contributed by atoms with Gasteiger partial charge in [-0.1, -0.05) is 69.3 Å². The van der Waals surface area contributed by atoms with Gasteiger partial charge >= 0.3 is 0 Å². The fourth-order valence-corrected chi connectivity index (χ4v) is 4.11. The van der Waals surface area contributed by atoms with Crippen LogP contribution in [0.15, 0.2) is 48.5 Å². The number of thioether (sulfide) groups is 1. The molecule has 2 N–H and O–H groups in total. The van der Waals surface area contributed by atoms with E-state index < -0.39 is 6.10 Å². The predicted octanol–water partition coefficient (Wildman–Crippen LogP) is 4.99. The number of rotatable bonds is 8. The van der Waals surface area contributed by atoms with Crippen molar-refractivity contribution in [2.24, 2.45) is 5.92 Å². The maximum absolute atomic E-state index is 12.9. The van der Waals surface area contributed by atoms with Gasteiger partial charge in [0.15, 0.2) is 0 Å². The minimum atomic E-state index is -0.570. The molecule has 26 heavy (non-hydrogen) atoms. The highest BCUT2D eigenvalue weighted by atomic mass is 32.2. The van der Waals surface area contributed by atoms with Crippen LogP contribution in [0, 0.1) is 12.8 Å². The number of hydrogen-bond donors (Lipinski definition) is 2. The second-order valence-electron chi connectivity index (χ2n) is 6.88. The van der Waals surface area contributed by atoms with Gasteiger partial charge in [-0.2, -0.15) is 0 Å².